The lowest BCUT2D eigenvalue weighted by Gasteiger charge is -2.18. The second-order valence-electron chi connectivity index (χ2n) is 19.1. The van der Waals surface area contributed by atoms with Crippen LogP contribution in [0.5, 0.6) is 0 Å². The van der Waals surface area contributed by atoms with Crippen LogP contribution in [0.25, 0.3) is 0 Å². The second kappa shape index (κ2) is 60.1. The monoisotopic (exact) mass is 1010 g/mol. The van der Waals surface area contributed by atoms with E-state index in [9.17, 15) is 14.4 Å². The predicted molar refractivity (Wildman–Crippen MR) is 316 cm³/mol. The molecule has 0 aromatic heterocycles. The Hall–Kier alpha value is -4.45. The van der Waals surface area contributed by atoms with Gasteiger partial charge in [0.05, 0.1) is 0 Å². The molecule has 6 heteroatoms. The van der Waals surface area contributed by atoms with Gasteiger partial charge in [-0.3, -0.25) is 14.4 Å². The maximum atomic E-state index is 12.8. The molecule has 0 aliphatic heterocycles. The van der Waals surface area contributed by atoms with Gasteiger partial charge in [0.15, 0.2) is 6.10 Å². The number of carbonyl (C=O) groups is 3. The van der Waals surface area contributed by atoms with Crippen molar-refractivity contribution in [3.63, 3.8) is 0 Å². The fourth-order valence-electron chi connectivity index (χ4n) is 7.72. The van der Waals surface area contributed by atoms with Gasteiger partial charge in [0.2, 0.25) is 0 Å². The zero-order valence-electron chi connectivity index (χ0n) is 47.1. The summed E-state index contributed by atoms with van der Waals surface area (Å²) in [5, 5.41) is 0. The minimum absolute atomic E-state index is 0.101. The molecule has 0 fully saturated rings. The topological polar surface area (TPSA) is 78.9 Å². The first-order chi connectivity index (χ1) is 36.0. The Bertz CT molecular complexity index is 1580. The van der Waals surface area contributed by atoms with Gasteiger partial charge < -0.3 is 14.2 Å². The zero-order valence-corrected chi connectivity index (χ0v) is 47.1. The third kappa shape index (κ3) is 58.3. The summed E-state index contributed by atoms with van der Waals surface area (Å²) in [5.41, 5.74) is 0. The SMILES string of the molecule is CC/C=C\C/C=C\C/C=C\C/C=C\C/C=C\C/C=C\C/C=C\CCCCCCCCCC(=O)OCC(COC(=O)CCCCCCC/C=C\CCCCCC)OC(=O)CCCCC/C=C\C/C=C\C/C=C\CC. The highest BCUT2D eigenvalue weighted by atomic mass is 16.6. The minimum Gasteiger partial charge on any atom is -0.462 e. The van der Waals surface area contributed by atoms with Crippen LogP contribution in [0.3, 0.4) is 0 Å². The van der Waals surface area contributed by atoms with Crippen LogP contribution in [-0.2, 0) is 28.6 Å². The molecule has 0 rings (SSSR count). The van der Waals surface area contributed by atoms with Crippen LogP contribution < -0.4 is 0 Å². The maximum Gasteiger partial charge on any atom is 0.306 e. The molecular formula is C67H108O6. The Labute approximate surface area is 449 Å². The summed E-state index contributed by atoms with van der Waals surface area (Å²) in [4.78, 5) is 38.1. The summed E-state index contributed by atoms with van der Waals surface area (Å²) in [6, 6.07) is 0. The van der Waals surface area contributed by atoms with E-state index in [1.807, 2.05) is 0 Å². The van der Waals surface area contributed by atoms with E-state index >= 15 is 0 Å². The highest BCUT2D eigenvalue weighted by Gasteiger charge is 2.19. The molecular weight excluding hydrogens is 901 g/mol. The first-order valence-electron chi connectivity index (χ1n) is 29.7. The van der Waals surface area contributed by atoms with Crippen LogP contribution >= 0.6 is 0 Å². The minimum atomic E-state index is -0.805. The quantitative estimate of drug-likeness (QED) is 0.0261. The van der Waals surface area contributed by atoms with Crippen molar-refractivity contribution in [3.8, 4) is 0 Å². The van der Waals surface area contributed by atoms with Gasteiger partial charge >= 0.3 is 17.9 Å². The van der Waals surface area contributed by atoms with Crippen LogP contribution in [0.15, 0.2) is 134 Å². The molecule has 0 aromatic carbocycles. The zero-order chi connectivity index (χ0) is 52.9. The van der Waals surface area contributed by atoms with Crippen molar-refractivity contribution in [1.29, 1.82) is 0 Å². The van der Waals surface area contributed by atoms with E-state index in [0.29, 0.717) is 12.8 Å². The number of unbranched alkanes of at least 4 members (excludes halogenated alkanes) is 19. The summed E-state index contributed by atoms with van der Waals surface area (Å²) in [6.07, 6.45) is 84.5. The molecule has 0 aromatic rings. The fraction of sp³-hybridized carbons (Fsp3) is 0.627. The van der Waals surface area contributed by atoms with E-state index in [1.54, 1.807) is 0 Å². The number of rotatable bonds is 52. The first kappa shape index (κ1) is 68.6. The average Bonchev–Trinajstić information content (AvgIpc) is 3.39. The van der Waals surface area contributed by atoms with Crippen molar-refractivity contribution in [1.82, 2.24) is 0 Å². The molecule has 0 spiro atoms. The third-order valence-electron chi connectivity index (χ3n) is 12.1. The van der Waals surface area contributed by atoms with Crippen LogP contribution in [0.1, 0.15) is 252 Å². The van der Waals surface area contributed by atoms with Gasteiger partial charge in [0.25, 0.3) is 0 Å². The second-order valence-corrected chi connectivity index (χ2v) is 19.1. The molecule has 73 heavy (non-hydrogen) atoms. The van der Waals surface area contributed by atoms with Gasteiger partial charge in [-0.2, -0.15) is 0 Å². The van der Waals surface area contributed by atoms with Gasteiger partial charge in [0.1, 0.15) is 13.2 Å². The van der Waals surface area contributed by atoms with Gasteiger partial charge in [-0.1, -0.05) is 231 Å². The Morgan fingerprint density at radius 2 is 0.534 bits per heavy atom. The number of carbonyl (C=O) groups excluding carboxylic acids is 3. The normalized spacial score (nSPS) is 13.1. The maximum absolute atomic E-state index is 12.8. The molecule has 0 amide bonds. The fourth-order valence-corrected chi connectivity index (χ4v) is 7.72. The van der Waals surface area contributed by atoms with E-state index in [2.05, 4.69) is 154 Å². The van der Waals surface area contributed by atoms with Gasteiger partial charge in [-0.05, 0) is 135 Å². The largest absolute Gasteiger partial charge is 0.462 e. The van der Waals surface area contributed by atoms with Crippen LogP contribution in [0.2, 0.25) is 0 Å². The Morgan fingerprint density at radius 1 is 0.288 bits per heavy atom. The van der Waals surface area contributed by atoms with E-state index in [4.69, 9.17) is 14.2 Å². The summed E-state index contributed by atoms with van der Waals surface area (Å²) < 4.78 is 16.8. The van der Waals surface area contributed by atoms with Crippen LogP contribution in [-0.4, -0.2) is 37.2 Å². The lowest BCUT2D eigenvalue weighted by Crippen LogP contribution is -2.30. The van der Waals surface area contributed by atoms with Crippen molar-refractivity contribution in [2.45, 2.75) is 258 Å². The molecule has 0 saturated heterocycles. The Kier molecular flexibility index (Phi) is 56.4. The van der Waals surface area contributed by atoms with Crippen molar-refractivity contribution in [2.75, 3.05) is 13.2 Å². The molecule has 0 bridgehead atoms. The first-order valence-corrected chi connectivity index (χ1v) is 29.7. The van der Waals surface area contributed by atoms with Gasteiger partial charge in [-0.15, -0.1) is 0 Å². The summed E-state index contributed by atoms with van der Waals surface area (Å²) >= 11 is 0. The van der Waals surface area contributed by atoms with Crippen molar-refractivity contribution in [2.24, 2.45) is 0 Å². The Balaban J connectivity index is 4.33. The Morgan fingerprint density at radius 3 is 0.863 bits per heavy atom. The van der Waals surface area contributed by atoms with Crippen LogP contribution in [0, 0.1) is 0 Å². The standard InChI is InChI=1S/C67H108O6/c1-4-7-10-13-16-19-22-25-26-27-28-29-30-31-32-33-34-35-36-37-38-39-40-43-45-48-51-54-57-60-66(69)72-63-64(73-67(70)61-58-55-52-49-46-42-24-21-18-15-12-9-6-3)62-71-65(68)59-56-53-50-47-44-41-23-20-17-14-11-8-5-2/h7,9-10,12,16,18-21,23,25-26,28-29,31-32,34-35,37-38,42,46,64H,4-6,8,11,13-15,17,22,24,27,30,33,36,39-41,43-45,47-63H2,1-3H3/b10-7-,12-9-,19-16-,21-18-,23-20-,26-25-,29-28-,32-31-,35-34-,38-37-,46-42-. The number of hydrogen-bond acceptors (Lipinski definition) is 6. The average molecular weight is 1010 g/mol. The number of allylic oxidation sites excluding steroid dienone is 22. The molecule has 0 aliphatic carbocycles. The molecule has 1 atom stereocenters. The summed E-state index contributed by atoms with van der Waals surface area (Å²) in [6.45, 7) is 6.34. The van der Waals surface area contributed by atoms with Crippen LogP contribution in [0.4, 0.5) is 0 Å². The number of ether oxygens (including phenoxy) is 3. The molecule has 0 aliphatic rings. The van der Waals surface area contributed by atoms with E-state index in [-0.39, 0.29) is 37.5 Å². The van der Waals surface area contributed by atoms with Crippen molar-refractivity contribution in [3.05, 3.63) is 134 Å². The smallest absolute Gasteiger partial charge is 0.306 e. The molecule has 1 unspecified atom stereocenters. The molecule has 0 N–H and O–H groups in total. The highest BCUT2D eigenvalue weighted by molar-refractivity contribution is 5.71. The van der Waals surface area contributed by atoms with Gasteiger partial charge in [0, 0.05) is 19.3 Å². The predicted octanol–water partition coefficient (Wildman–Crippen LogP) is 20.2. The van der Waals surface area contributed by atoms with E-state index in [1.165, 1.54) is 64.2 Å². The lowest BCUT2D eigenvalue weighted by molar-refractivity contribution is -0.167. The molecule has 0 radical (unpaired) electrons. The van der Waals surface area contributed by atoms with Crippen molar-refractivity contribution >= 4 is 17.9 Å². The number of hydrogen-bond donors (Lipinski definition) is 0. The lowest BCUT2D eigenvalue weighted by atomic mass is 10.1. The van der Waals surface area contributed by atoms with E-state index < -0.39 is 6.10 Å². The summed E-state index contributed by atoms with van der Waals surface area (Å²) in [7, 11) is 0. The molecule has 412 valence electrons. The molecule has 6 nitrogen and oxygen atoms in total. The van der Waals surface area contributed by atoms with Gasteiger partial charge in [-0.25, -0.2) is 0 Å². The van der Waals surface area contributed by atoms with Crippen molar-refractivity contribution < 1.29 is 28.6 Å². The number of esters is 3. The summed E-state index contributed by atoms with van der Waals surface area (Å²) in [5.74, 6) is -0.954. The molecule has 0 saturated carbocycles. The molecule has 0 heterocycles. The third-order valence-corrected chi connectivity index (χ3v) is 12.1. The highest BCUT2D eigenvalue weighted by Crippen LogP contribution is 2.14. The van der Waals surface area contributed by atoms with E-state index in [0.717, 1.165) is 148 Å².